The molecule has 2 unspecified atom stereocenters. The molecular formula is C33H47N3O9. The molecule has 248 valence electrons. The van der Waals surface area contributed by atoms with E-state index in [-0.39, 0.29) is 40.4 Å². The summed E-state index contributed by atoms with van der Waals surface area (Å²) in [7, 11) is 6.11. The fourth-order valence-corrected chi connectivity index (χ4v) is 5.86. The predicted molar refractivity (Wildman–Crippen MR) is 167 cm³/mol. The van der Waals surface area contributed by atoms with Crippen molar-refractivity contribution in [1.29, 1.82) is 0 Å². The SMILES string of the molecule is COC1[C@@H](OC)C[C@H](C)[C@@H](OC)C2=C(NC3CC3)C(=O)C=C(NC(=O)/C(C)=C/C=C\C(OC)[C@@H](OC(N)=O)/C(C)=C/[C@@H]1C)C2=O. The van der Waals surface area contributed by atoms with Crippen LogP contribution in [0.25, 0.3) is 0 Å². The number of fused-ring (bicyclic) bond motifs is 2. The molecule has 0 aromatic rings. The Morgan fingerprint density at radius 2 is 1.67 bits per heavy atom. The Kier molecular flexibility index (Phi) is 12.9. The second kappa shape index (κ2) is 16.1. The molecule has 1 aliphatic heterocycles. The van der Waals surface area contributed by atoms with E-state index < -0.39 is 54.1 Å². The normalized spacial score (nSPS) is 33.7. The lowest BCUT2D eigenvalue weighted by molar-refractivity contribution is -0.121. The van der Waals surface area contributed by atoms with Crippen molar-refractivity contribution < 1.29 is 42.9 Å². The van der Waals surface area contributed by atoms with Crippen molar-refractivity contribution in [2.24, 2.45) is 17.6 Å². The van der Waals surface area contributed by atoms with Crippen molar-refractivity contribution in [3.8, 4) is 0 Å². The molecule has 0 aromatic heterocycles. The van der Waals surface area contributed by atoms with Crippen LogP contribution in [0.5, 0.6) is 0 Å². The molecule has 0 radical (unpaired) electrons. The summed E-state index contributed by atoms with van der Waals surface area (Å²) in [5.41, 5.74) is 6.55. The van der Waals surface area contributed by atoms with Gasteiger partial charge < -0.3 is 40.1 Å². The van der Waals surface area contributed by atoms with E-state index in [1.54, 1.807) is 40.2 Å². The third kappa shape index (κ3) is 9.00. The monoisotopic (exact) mass is 629 g/mol. The second-order valence-electron chi connectivity index (χ2n) is 11.8. The number of allylic oxidation sites excluding steroid dienone is 4. The van der Waals surface area contributed by atoms with Crippen LogP contribution in [0.2, 0.25) is 0 Å². The first-order chi connectivity index (χ1) is 21.4. The van der Waals surface area contributed by atoms with Crippen LogP contribution in [0.3, 0.4) is 0 Å². The molecule has 2 bridgehead atoms. The average molecular weight is 630 g/mol. The Morgan fingerprint density at radius 3 is 2.22 bits per heavy atom. The molecule has 45 heavy (non-hydrogen) atoms. The zero-order valence-corrected chi connectivity index (χ0v) is 27.4. The van der Waals surface area contributed by atoms with Crippen LogP contribution in [0.4, 0.5) is 4.79 Å². The fourth-order valence-electron chi connectivity index (χ4n) is 5.86. The number of Topliss-reactive ketones (excluding diaryl/α,β-unsaturated/α-hetero) is 1. The highest BCUT2D eigenvalue weighted by Crippen LogP contribution is 2.33. The lowest BCUT2D eigenvalue weighted by Gasteiger charge is -2.34. The molecule has 12 heteroatoms. The number of hydrogen-bond acceptors (Lipinski definition) is 10. The van der Waals surface area contributed by atoms with E-state index in [0.29, 0.717) is 12.0 Å². The number of nitrogens with one attached hydrogen (secondary N) is 2. The summed E-state index contributed by atoms with van der Waals surface area (Å²) in [6.07, 6.45) is 5.65. The second-order valence-corrected chi connectivity index (χ2v) is 11.8. The van der Waals surface area contributed by atoms with E-state index in [0.717, 1.165) is 18.9 Å². The number of rotatable bonds is 7. The lowest BCUT2D eigenvalue weighted by atomic mass is 9.82. The third-order valence-electron chi connectivity index (χ3n) is 8.37. The predicted octanol–water partition coefficient (Wildman–Crippen LogP) is 2.79. The summed E-state index contributed by atoms with van der Waals surface area (Å²) in [6, 6.07) is 0.0920. The largest absolute Gasteiger partial charge is 0.439 e. The molecule has 3 rings (SSSR count). The average Bonchev–Trinajstić information content (AvgIpc) is 3.81. The van der Waals surface area contributed by atoms with Gasteiger partial charge in [-0.2, -0.15) is 0 Å². The molecule has 2 aliphatic carbocycles. The molecule has 2 amide bonds. The van der Waals surface area contributed by atoms with Gasteiger partial charge in [-0.1, -0.05) is 38.2 Å². The number of carbonyl (C=O) groups is 4. The van der Waals surface area contributed by atoms with E-state index in [4.69, 9.17) is 29.4 Å². The van der Waals surface area contributed by atoms with Crippen molar-refractivity contribution in [3.05, 3.63) is 58.5 Å². The number of carbonyl (C=O) groups excluding carboxylic acids is 4. The Bertz CT molecular complexity index is 1290. The molecule has 1 saturated carbocycles. The molecule has 1 heterocycles. The van der Waals surface area contributed by atoms with E-state index in [9.17, 15) is 19.2 Å². The smallest absolute Gasteiger partial charge is 0.405 e. The highest BCUT2D eigenvalue weighted by Gasteiger charge is 2.40. The molecular weight excluding hydrogens is 582 g/mol. The lowest BCUT2D eigenvalue weighted by Crippen LogP contribution is -2.43. The maximum atomic E-state index is 14.0. The van der Waals surface area contributed by atoms with Crippen LogP contribution in [-0.2, 0) is 38.1 Å². The van der Waals surface area contributed by atoms with Crippen LogP contribution >= 0.6 is 0 Å². The van der Waals surface area contributed by atoms with Crippen LogP contribution in [0.1, 0.15) is 47.0 Å². The summed E-state index contributed by atoms with van der Waals surface area (Å²) in [5.74, 6) is -2.05. The van der Waals surface area contributed by atoms with Gasteiger partial charge in [0.1, 0.15) is 6.10 Å². The zero-order valence-electron chi connectivity index (χ0n) is 27.4. The first kappa shape index (κ1) is 35.9. The summed E-state index contributed by atoms with van der Waals surface area (Å²) < 4.78 is 28.8. The van der Waals surface area contributed by atoms with Gasteiger partial charge in [0.25, 0.3) is 5.91 Å². The van der Waals surface area contributed by atoms with Gasteiger partial charge in [0.2, 0.25) is 11.6 Å². The van der Waals surface area contributed by atoms with Crippen molar-refractivity contribution in [2.45, 2.75) is 83.5 Å². The Balaban J connectivity index is 2.16. The first-order valence-corrected chi connectivity index (χ1v) is 15.1. The number of ketones is 2. The molecule has 3 aliphatic rings. The van der Waals surface area contributed by atoms with Crippen LogP contribution < -0.4 is 16.4 Å². The topological polar surface area (TPSA) is 165 Å². The summed E-state index contributed by atoms with van der Waals surface area (Å²) in [6.45, 7) is 7.23. The zero-order chi connectivity index (χ0) is 33.4. The Morgan fingerprint density at radius 1 is 0.978 bits per heavy atom. The van der Waals surface area contributed by atoms with Crippen molar-refractivity contribution in [3.63, 3.8) is 0 Å². The molecule has 1 fully saturated rings. The number of hydrogen-bond donors (Lipinski definition) is 3. The van der Waals surface area contributed by atoms with Crippen molar-refractivity contribution >= 4 is 23.6 Å². The highest BCUT2D eigenvalue weighted by atomic mass is 16.6. The summed E-state index contributed by atoms with van der Waals surface area (Å²) in [5, 5.41) is 5.84. The number of ether oxygens (including phenoxy) is 5. The Hall–Kier alpha value is -3.58. The summed E-state index contributed by atoms with van der Waals surface area (Å²) >= 11 is 0. The molecule has 7 atom stereocenters. The van der Waals surface area contributed by atoms with Gasteiger partial charge in [0.05, 0.1) is 35.3 Å². The molecule has 0 spiro atoms. The van der Waals surface area contributed by atoms with E-state index >= 15 is 0 Å². The number of primary amides is 1. The molecule has 0 aromatic carbocycles. The van der Waals surface area contributed by atoms with Crippen molar-refractivity contribution in [1.82, 2.24) is 10.6 Å². The minimum Gasteiger partial charge on any atom is -0.439 e. The minimum atomic E-state index is -0.971. The number of amides is 2. The van der Waals surface area contributed by atoms with Crippen molar-refractivity contribution in [2.75, 3.05) is 28.4 Å². The number of nitrogens with two attached hydrogens (primary N) is 1. The van der Waals surface area contributed by atoms with Crippen LogP contribution in [-0.4, -0.2) is 88.6 Å². The van der Waals surface area contributed by atoms with Gasteiger partial charge >= 0.3 is 6.09 Å². The van der Waals surface area contributed by atoms with Gasteiger partial charge in [0.15, 0.2) is 6.10 Å². The number of methoxy groups -OCH3 is 4. The molecule has 4 N–H and O–H groups in total. The van der Waals surface area contributed by atoms with E-state index in [2.05, 4.69) is 10.6 Å². The maximum absolute atomic E-state index is 14.0. The van der Waals surface area contributed by atoms with Gasteiger partial charge in [-0.15, -0.1) is 0 Å². The van der Waals surface area contributed by atoms with Crippen LogP contribution in [0.15, 0.2) is 58.5 Å². The van der Waals surface area contributed by atoms with Gasteiger partial charge in [-0.05, 0) is 44.6 Å². The fraction of sp³-hybridized carbons (Fsp3) is 0.576. The molecule has 0 saturated heterocycles. The van der Waals surface area contributed by atoms with E-state index in [1.165, 1.54) is 20.3 Å². The highest BCUT2D eigenvalue weighted by molar-refractivity contribution is 6.24. The van der Waals surface area contributed by atoms with Gasteiger partial charge in [-0.3, -0.25) is 14.4 Å². The minimum absolute atomic E-state index is 0.0920. The third-order valence-corrected chi connectivity index (χ3v) is 8.37. The quantitative estimate of drug-likeness (QED) is 0.282. The standard InChI is InChI=1S/C33H47N3O9/c1-17-10-9-11-24(41-5)30(45-33(34)40)19(3)14-18(2)29(43-7)25(42-6)15-20(4)31(44-8)26-27(35-21-12-13-21)23(37)16-22(28(26)38)36-32(17)39/h9-11,14,16,18,20-21,24-25,29-31,35H,12-13,15H2,1-8H3,(H2,34,40)(H,36,39)/b11-9-,17-10+,19-14+/t18-,20-,24?,25-,29?,30-,31+/m0/s1. The summed E-state index contributed by atoms with van der Waals surface area (Å²) in [4.78, 5) is 52.4. The van der Waals surface area contributed by atoms with E-state index in [1.807, 2.05) is 19.9 Å². The Labute approximate surface area is 265 Å². The maximum Gasteiger partial charge on any atom is 0.405 e. The van der Waals surface area contributed by atoms with Crippen LogP contribution in [0, 0.1) is 11.8 Å². The molecule has 12 nitrogen and oxygen atoms in total. The van der Waals surface area contributed by atoms with Gasteiger partial charge in [0, 0.05) is 52.0 Å². The van der Waals surface area contributed by atoms with Gasteiger partial charge in [-0.25, -0.2) is 4.79 Å². The first-order valence-electron chi connectivity index (χ1n) is 15.1.